The highest BCUT2D eigenvalue weighted by Gasteiger charge is 2.10. The van der Waals surface area contributed by atoms with Crippen molar-refractivity contribution in [3.8, 4) is 0 Å². The summed E-state index contributed by atoms with van der Waals surface area (Å²) >= 11 is 0. The lowest BCUT2D eigenvalue weighted by Crippen LogP contribution is -2.10. The molecule has 0 saturated carbocycles. The molecule has 2 aromatic carbocycles. The number of anilines is 4. The Morgan fingerprint density at radius 1 is 0.966 bits per heavy atom. The third-order valence-electron chi connectivity index (χ3n) is 4.55. The lowest BCUT2D eigenvalue weighted by molar-refractivity contribution is 0.100. The van der Waals surface area contributed by atoms with Crippen LogP contribution >= 0.6 is 0 Å². The number of rotatable bonds is 5. The van der Waals surface area contributed by atoms with E-state index in [1.54, 1.807) is 30.5 Å². The third kappa shape index (κ3) is 3.21. The maximum Gasteiger partial charge on any atom is 0.248 e. The number of hydrogen-bond acceptors (Lipinski definition) is 6. The smallest absolute Gasteiger partial charge is 0.248 e. The first kappa shape index (κ1) is 16.8. The first-order chi connectivity index (χ1) is 14.2. The Labute approximate surface area is 164 Å². The van der Waals surface area contributed by atoms with Crippen LogP contribution in [0.15, 0.2) is 60.9 Å². The summed E-state index contributed by atoms with van der Waals surface area (Å²) in [5.74, 6) is 0.601. The zero-order chi connectivity index (χ0) is 19.8. The Morgan fingerprint density at radius 2 is 1.79 bits per heavy atom. The van der Waals surface area contributed by atoms with Gasteiger partial charge in [0.25, 0.3) is 0 Å². The molecule has 3 aromatic heterocycles. The molecule has 0 bridgehead atoms. The molecule has 5 aromatic rings. The van der Waals surface area contributed by atoms with Gasteiger partial charge in [0, 0.05) is 28.5 Å². The minimum atomic E-state index is -0.471. The Bertz CT molecular complexity index is 1340. The van der Waals surface area contributed by atoms with Gasteiger partial charge in [-0.1, -0.05) is 0 Å². The van der Waals surface area contributed by atoms with Crippen LogP contribution in [-0.4, -0.2) is 31.1 Å². The van der Waals surface area contributed by atoms with Crippen molar-refractivity contribution in [3.05, 3.63) is 66.5 Å². The summed E-state index contributed by atoms with van der Waals surface area (Å²) in [6.45, 7) is 0. The molecule has 29 heavy (non-hydrogen) atoms. The number of carbonyl (C=O) groups is 1. The Kier molecular flexibility index (Phi) is 3.84. The fourth-order valence-corrected chi connectivity index (χ4v) is 3.09. The van der Waals surface area contributed by atoms with Crippen molar-refractivity contribution in [2.75, 3.05) is 10.6 Å². The second-order valence-electron chi connectivity index (χ2n) is 6.50. The standard InChI is InChI=1S/C20H16N8O/c21-17(29)11-1-4-13(5-2-11)25-20-26-18-15(7-8-22-18)19(27-20)24-14-6-3-12-10-23-28-16(12)9-14/h1-10H,(H2,21,29)(H,23,28)(H3,22,24,25,26,27). The molecule has 0 aliphatic heterocycles. The van der Waals surface area contributed by atoms with Gasteiger partial charge in [-0.05, 0) is 48.5 Å². The van der Waals surface area contributed by atoms with E-state index in [9.17, 15) is 4.79 Å². The number of carbonyl (C=O) groups excluding carboxylic acids is 1. The van der Waals surface area contributed by atoms with E-state index in [2.05, 4.69) is 35.8 Å². The van der Waals surface area contributed by atoms with E-state index in [4.69, 9.17) is 5.73 Å². The van der Waals surface area contributed by atoms with Crippen LogP contribution in [-0.2, 0) is 0 Å². The van der Waals surface area contributed by atoms with Crippen LogP contribution in [0.25, 0.3) is 21.9 Å². The van der Waals surface area contributed by atoms with Gasteiger partial charge in [-0.2, -0.15) is 15.1 Å². The summed E-state index contributed by atoms with van der Waals surface area (Å²) in [5.41, 5.74) is 8.97. The van der Waals surface area contributed by atoms with Crippen LogP contribution in [0.4, 0.5) is 23.1 Å². The molecule has 0 aliphatic carbocycles. The maximum atomic E-state index is 11.2. The number of nitrogens with one attached hydrogen (secondary N) is 4. The van der Waals surface area contributed by atoms with Crippen molar-refractivity contribution in [1.29, 1.82) is 0 Å². The number of nitrogens with zero attached hydrogens (tertiary/aromatic N) is 3. The molecule has 0 atom stereocenters. The minimum absolute atomic E-state index is 0.414. The molecule has 3 heterocycles. The average Bonchev–Trinajstić information content (AvgIpc) is 3.37. The molecule has 1 amide bonds. The lowest BCUT2D eigenvalue weighted by atomic mass is 10.2. The molecule has 142 valence electrons. The van der Waals surface area contributed by atoms with Gasteiger partial charge in [0.15, 0.2) is 0 Å². The predicted octanol–water partition coefficient (Wildman–Crippen LogP) is 3.42. The van der Waals surface area contributed by atoms with Gasteiger partial charge in [-0.25, -0.2) is 0 Å². The zero-order valence-electron chi connectivity index (χ0n) is 15.1. The molecular weight excluding hydrogens is 368 g/mol. The first-order valence-electron chi connectivity index (χ1n) is 8.88. The van der Waals surface area contributed by atoms with Gasteiger partial charge < -0.3 is 21.4 Å². The number of aromatic amines is 2. The quantitative estimate of drug-likeness (QED) is 0.315. The fraction of sp³-hybridized carbons (Fsp3) is 0. The highest BCUT2D eigenvalue weighted by molar-refractivity contribution is 5.93. The molecule has 9 nitrogen and oxygen atoms in total. The van der Waals surface area contributed by atoms with Crippen LogP contribution in [0.5, 0.6) is 0 Å². The summed E-state index contributed by atoms with van der Waals surface area (Å²) in [6.07, 6.45) is 3.59. The number of nitrogens with two attached hydrogens (primary N) is 1. The Hall–Kier alpha value is -4.40. The molecule has 0 spiro atoms. The lowest BCUT2D eigenvalue weighted by Gasteiger charge is -2.10. The summed E-state index contributed by atoms with van der Waals surface area (Å²) in [6, 6.07) is 14.6. The van der Waals surface area contributed by atoms with Gasteiger partial charge >= 0.3 is 0 Å². The van der Waals surface area contributed by atoms with E-state index in [0.29, 0.717) is 23.0 Å². The minimum Gasteiger partial charge on any atom is -0.366 e. The van der Waals surface area contributed by atoms with Crippen molar-refractivity contribution in [3.63, 3.8) is 0 Å². The molecule has 0 aliphatic rings. The van der Waals surface area contributed by atoms with E-state index in [-0.39, 0.29) is 0 Å². The summed E-state index contributed by atoms with van der Waals surface area (Å²) in [7, 11) is 0. The number of hydrogen-bond donors (Lipinski definition) is 5. The van der Waals surface area contributed by atoms with E-state index in [1.807, 2.05) is 30.5 Å². The Balaban J connectivity index is 1.48. The van der Waals surface area contributed by atoms with E-state index in [1.165, 1.54) is 0 Å². The number of aromatic nitrogens is 5. The fourth-order valence-electron chi connectivity index (χ4n) is 3.09. The monoisotopic (exact) mass is 384 g/mol. The van der Waals surface area contributed by atoms with Crippen molar-refractivity contribution in [1.82, 2.24) is 25.1 Å². The molecule has 5 rings (SSSR count). The molecule has 0 fully saturated rings. The van der Waals surface area contributed by atoms with Gasteiger partial charge in [-0.15, -0.1) is 0 Å². The van der Waals surface area contributed by atoms with E-state index < -0.39 is 5.91 Å². The van der Waals surface area contributed by atoms with Crippen molar-refractivity contribution in [2.45, 2.75) is 0 Å². The van der Waals surface area contributed by atoms with Crippen LogP contribution in [0.3, 0.4) is 0 Å². The van der Waals surface area contributed by atoms with Crippen molar-refractivity contribution < 1.29 is 4.79 Å². The van der Waals surface area contributed by atoms with Crippen LogP contribution < -0.4 is 16.4 Å². The van der Waals surface area contributed by atoms with Gasteiger partial charge in [-0.3, -0.25) is 9.89 Å². The molecule has 0 unspecified atom stereocenters. The Morgan fingerprint density at radius 3 is 2.62 bits per heavy atom. The van der Waals surface area contributed by atoms with Crippen LogP contribution in [0, 0.1) is 0 Å². The van der Waals surface area contributed by atoms with Crippen LogP contribution in [0.1, 0.15) is 10.4 Å². The van der Waals surface area contributed by atoms with E-state index >= 15 is 0 Å². The number of primary amides is 1. The normalized spacial score (nSPS) is 11.0. The maximum absolute atomic E-state index is 11.2. The van der Waals surface area contributed by atoms with Gasteiger partial charge in [0.05, 0.1) is 17.1 Å². The largest absolute Gasteiger partial charge is 0.366 e. The van der Waals surface area contributed by atoms with Crippen molar-refractivity contribution in [2.24, 2.45) is 5.73 Å². The number of amides is 1. The first-order valence-corrected chi connectivity index (χ1v) is 8.88. The summed E-state index contributed by atoms with van der Waals surface area (Å²) in [5, 5.41) is 15.4. The second kappa shape index (κ2) is 6.64. The predicted molar refractivity (Wildman–Crippen MR) is 112 cm³/mol. The topological polar surface area (TPSA) is 137 Å². The molecule has 0 saturated heterocycles. The highest BCUT2D eigenvalue weighted by atomic mass is 16.1. The molecule has 6 N–H and O–H groups in total. The number of fused-ring (bicyclic) bond motifs is 2. The van der Waals surface area contributed by atoms with Gasteiger partial charge in [0.2, 0.25) is 11.9 Å². The number of H-pyrrole nitrogens is 2. The zero-order valence-corrected chi connectivity index (χ0v) is 15.1. The van der Waals surface area contributed by atoms with Crippen LogP contribution in [0.2, 0.25) is 0 Å². The third-order valence-corrected chi connectivity index (χ3v) is 4.55. The SMILES string of the molecule is NC(=O)c1ccc(Nc2nc(Nc3ccc4cn[nH]c4c3)c3cc[nH]c3n2)cc1. The molecular formula is C20H16N8O. The van der Waals surface area contributed by atoms with Gasteiger partial charge in [0.1, 0.15) is 11.5 Å². The summed E-state index contributed by atoms with van der Waals surface area (Å²) in [4.78, 5) is 23.5. The van der Waals surface area contributed by atoms with E-state index in [0.717, 1.165) is 27.7 Å². The number of benzene rings is 2. The highest BCUT2D eigenvalue weighted by Crippen LogP contribution is 2.27. The summed E-state index contributed by atoms with van der Waals surface area (Å²) < 4.78 is 0. The molecule has 0 radical (unpaired) electrons. The average molecular weight is 384 g/mol. The second-order valence-corrected chi connectivity index (χ2v) is 6.50. The van der Waals surface area contributed by atoms with Crippen molar-refractivity contribution >= 4 is 51.0 Å². The molecule has 9 heteroatoms.